The van der Waals surface area contributed by atoms with Crippen LogP contribution in [0.1, 0.15) is 37.5 Å². The number of piperidine rings is 1. The lowest BCUT2D eigenvalue weighted by atomic mass is 9.98. The minimum absolute atomic E-state index is 0.0171. The standard InChI is InChI=1S/C21H26FN5O3/c22-17-7-5-15(6-8-17)20-24-21(30-25-20)16-4-3-9-26(13-16)14-18(28)23-12-19(29)27-10-1-2-11-27/h5-8,16H,1-4,9-14H2,(H,23,28). The van der Waals surface area contributed by atoms with E-state index in [1.807, 2.05) is 4.90 Å². The highest BCUT2D eigenvalue weighted by atomic mass is 19.1. The molecule has 2 aliphatic heterocycles. The fourth-order valence-corrected chi connectivity index (χ4v) is 4.03. The van der Waals surface area contributed by atoms with E-state index in [-0.39, 0.29) is 36.6 Å². The van der Waals surface area contributed by atoms with Crippen LogP contribution in [0.3, 0.4) is 0 Å². The molecule has 0 radical (unpaired) electrons. The van der Waals surface area contributed by atoms with Gasteiger partial charge >= 0.3 is 0 Å². The quantitative estimate of drug-likeness (QED) is 0.774. The average molecular weight is 415 g/mol. The molecule has 9 heteroatoms. The summed E-state index contributed by atoms with van der Waals surface area (Å²) in [7, 11) is 0. The van der Waals surface area contributed by atoms with Gasteiger partial charge in [-0.05, 0) is 56.5 Å². The zero-order chi connectivity index (χ0) is 20.9. The van der Waals surface area contributed by atoms with Crippen molar-refractivity contribution in [1.82, 2.24) is 25.3 Å². The molecule has 1 unspecified atom stereocenters. The monoisotopic (exact) mass is 415 g/mol. The van der Waals surface area contributed by atoms with E-state index in [1.54, 1.807) is 17.0 Å². The molecule has 2 amide bonds. The highest BCUT2D eigenvalue weighted by molar-refractivity contribution is 5.85. The van der Waals surface area contributed by atoms with E-state index in [0.29, 0.717) is 23.8 Å². The van der Waals surface area contributed by atoms with Crippen molar-refractivity contribution in [2.24, 2.45) is 0 Å². The highest BCUT2D eigenvalue weighted by Gasteiger charge is 2.27. The summed E-state index contributed by atoms with van der Waals surface area (Å²) in [4.78, 5) is 32.7. The molecular formula is C21H26FN5O3. The van der Waals surface area contributed by atoms with Gasteiger partial charge in [0.25, 0.3) is 0 Å². The van der Waals surface area contributed by atoms with Crippen LogP contribution in [0.2, 0.25) is 0 Å². The Labute approximate surface area is 174 Å². The van der Waals surface area contributed by atoms with Crippen molar-refractivity contribution in [2.45, 2.75) is 31.6 Å². The third kappa shape index (κ3) is 5.02. The molecule has 160 valence electrons. The number of carbonyl (C=O) groups is 2. The summed E-state index contributed by atoms with van der Waals surface area (Å²) >= 11 is 0. The zero-order valence-corrected chi connectivity index (χ0v) is 16.8. The molecule has 1 aromatic heterocycles. The summed E-state index contributed by atoms with van der Waals surface area (Å²) in [5, 5.41) is 6.75. The predicted octanol–water partition coefficient (Wildman–Crippen LogP) is 1.79. The van der Waals surface area contributed by atoms with Gasteiger partial charge in [0.1, 0.15) is 5.82 Å². The van der Waals surface area contributed by atoms with Crippen LogP contribution >= 0.6 is 0 Å². The normalized spacial score (nSPS) is 19.8. The summed E-state index contributed by atoms with van der Waals surface area (Å²) in [6.07, 6.45) is 3.89. The van der Waals surface area contributed by atoms with Gasteiger partial charge in [-0.1, -0.05) is 5.16 Å². The Kier molecular flexibility index (Phi) is 6.37. The molecule has 0 aliphatic carbocycles. The smallest absolute Gasteiger partial charge is 0.241 e. The topological polar surface area (TPSA) is 91.6 Å². The Bertz CT molecular complexity index is 879. The van der Waals surface area contributed by atoms with Crippen LogP contribution in [-0.4, -0.2) is 71.0 Å². The van der Waals surface area contributed by atoms with E-state index in [1.165, 1.54) is 12.1 Å². The lowest BCUT2D eigenvalue weighted by Crippen LogP contribution is -2.45. The molecule has 4 rings (SSSR count). The van der Waals surface area contributed by atoms with Crippen LogP contribution in [-0.2, 0) is 9.59 Å². The molecule has 0 spiro atoms. The number of benzene rings is 1. The van der Waals surface area contributed by atoms with Gasteiger partial charge in [-0.15, -0.1) is 0 Å². The first-order valence-electron chi connectivity index (χ1n) is 10.4. The number of aromatic nitrogens is 2. The third-order valence-electron chi connectivity index (χ3n) is 5.66. The molecule has 8 nitrogen and oxygen atoms in total. The molecule has 0 saturated carbocycles. The molecule has 0 bridgehead atoms. The number of hydrogen-bond donors (Lipinski definition) is 1. The van der Waals surface area contributed by atoms with Crippen molar-refractivity contribution >= 4 is 11.8 Å². The number of nitrogens with one attached hydrogen (secondary N) is 1. The lowest BCUT2D eigenvalue weighted by Gasteiger charge is -2.30. The number of halogens is 1. The first-order chi connectivity index (χ1) is 14.6. The highest BCUT2D eigenvalue weighted by Crippen LogP contribution is 2.27. The fraction of sp³-hybridized carbons (Fsp3) is 0.524. The van der Waals surface area contributed by atoms with E-state index in [0.717, 1.165) is 45.3 Å². The largest absolute Gasteiger partial charge is 0.346 e. The van der Waals surface area contributed by atoms with Crippen molar-refractivity contribution in [2.75, 3.05) is 39.3 Å². The number of hydrogen-bond acceptors (Lipinski definition) is 6. The maximum atomic E-state index is 13.1. The Morgan fingerprint density at radius 1 is 1.13 bits per heavy atom. The molecule has 1 atom stereocenters. The molecule has 2 saturated heterocycles. The van der Waals surface area contributed by atoms with Gasteiger partial charge in [-0.3, -0.25) is 14.5 Å². The molecule has 2 aromatic rings. The zero-order valence-electron chi connectivity index (χ0n) is 16.8. The Hall–Kier alpha value is -2.81. The summed E-state index contributed by atoms with van der Waals surface area (Å²) < 4.78 is 18.5. The van der Waals surface area contributed by atoms with Crippen LogP contribution in [0, 0.1) is 5.82 Å². The van der Waals surface area contributed by atoms with Gasteiger partial charge in [0.05, 0.1) is 19.0 Å². The Balaban J connectivity index is 1.28. The van der Waals surface area contributed by atoms with Gasteiger partial charge in [-0.25, -0.2) is 4.39 Å². The van der Waals surface area contributed by atoms with E-state index >= 15 is 0 Å². The third-order valence-corrected chi connectivity index (χ3v) is 5.66. The van der Waals surface area contributed by atoms with Gasteiger partial charge in [0.2, 0.25) is 23.5 Å². The second-order valence-corrected chi connectivity index (χ2v) is 7.90. The molecule has 1 aromatic carbocycles. The second-order valence-electron chi connectivity index (χ2n) is 7.90. The molecular weight excluding hydrogens is 389 g/mol. The van der Waals surface area contributed by atoms with Crippen LogP contribution < -0.4 is 5.32 Å². The van der Waals surface area contributed by atoms with Crippen molar-refractivity contribution in [3.8, 4) is 11.4 Å². The van der Waals surface area contributed by atoms with Crippen molar-refractivity contribution < 1.29 is 18.5 Å². The van der Waals surface area contributed by atoms with Gasteiger partial charge < -0.3 is 14.7 Å². The number of nitrogens with zero attached hydrogens (tertiary/aromatic N) is 4. The maximum Gasteiger partial charge on any atom is 0.241 e. The first kappa shape index (κ1) is 20.5. The van der Waals surface area contributed by atoms with Crippen LogP contribution in [0.5, 0.6) is 0 Å². The van der Waals surface area contributed by atoms with E-state index in [2.05, 4.69) is 15.5 Å². The first-order valence-corrected chi connectivity index (χ1v) is 10.4. The van der Waals surface area contributed by atoms with E-state index in [4.69, 9.17) is 4.52 Å². The van der Waals surface area contributed by atoms with Gasteiger partial charge in [0.15, 0.2) is 0 Å². The fourth-order valence-electron chi connectivity index (χ4n) is 4.03. The minimum Gasteiger partial charge on any atom is -0.346 e. The SMILES string of the molecule is O=C(CN1CCCC(c2nc(-c3ccc(F)cc3)no2)C1)NCC(=O)N1CCCC1. The predicted molar refractivity (Wildman–Crippen MR) is 107 cm³/mol. The Morgan fingerprint density at radius 2 is 1.90 bits per heavy atom. The van der Waals surface area contributed by atoms with Crippen molar-refractivity contribution in [3.05, 3.63) is 36.0 Å². The summed E-state index contributed by atoms with van der Waals surface area (Å²) in [6, 6.07) is 5.96. The second kappa shape index (κ2) is 9.34. The molecule has 30 heavy (non-hydrogen) atoms. The van der Waals surface area contributed by atoms with Gasteiger partial charge in [0, 0.05) is 25.2 Å². The summed E-state index contributed by atoms with van der Waals surface area (Å²) in [6.45, 7) is 3.31. The van der Waals surface area contributed by atoms with Crippen LogP contribution in [0.15, 0.2) is 28.8 Å². The number of carbonyl (C=O) groups excluding carboxylic acids is 2. The Morgan fingerprint density at radius 3 is 2.67 bits per heavy atom. The van der Waals surface area contributed by atoms with Crippen molar-refractivity contribution in [3.63, 3.8) is 0 Å². The molecule has 1 N–H and O–H groups in total. The van der Waals surface area contributed by atoms with E-state index < -0.39 is 0 Å². The summed E-state index contributed by atoms with van der Waals surface area (Å²) in [5.41, 5.74) is 0.695. The van der Waals surface area contributed by atoms with Crippen molar-refractivity contribution in [1.29, 1.82) is 0 Å². The molecule has 2 aliphatic rings. The number of rotatable bonds is 6. The number of likely N-dealkylation sites (tertiary alicyclic amines) is 2. The van der Waals surface area contributed by atoms with Gasteiger partial charge in [-0.2, -0.15) is 4.98 Å². The lowest BCUT2D eigenvalue weighted by molar-refractivity contribution is -0.132. The molecule has 2 fully saturated rings. The van der Waals surface area contributed by atoms with Crippen LogP contribution in [0.4, 0.5) is 4.39 Å². The molecule has 3 heterocycles. The average Bonchev–Trinajstić information content (AvgIpc) is 3.45. The maximum absolute atomic E-state index is 13.1. The number of amides is 2. The van der Waals surface area contributed by atoms with Crippen LogP contribution in [0.25, 0.3) is 11.4 Å². The minimum atomic E-state index is -0.314. The summed E-state index contributed by atoms with van der Waals surface area (Å²) in [5.74, 6) is 0.520. The van der Waals surface area contributed by atoms with E-state index in [9.17, 15) is 14.0 Å².